The van der Waals surface area contributed by atoms with E-state index in [1.165, 1.54) is 23.5 Å². The van der Waals surface area contributed by atoms with Gasteiger partial charge in [-0.3, -0.25) is 4.79 Å². The monoisotopic (exact) mass is 380 g/mol. The van der Waals surface area contributed by atoms with Gasteiger partial charge in [0.05, 0.1) is 11.0 Å². The highest BCUT2D eigenvalue weighted by Gasteiger charge is 2.19. The maximum Gasteiger partial charge on any atom is 0.251 e. The molecule has 0 spiro atoms. The molecule has 0 unspecified atom stereocenters. The van der Waals surface area contributed by atoms with Gasteiger partial charge in [0.1, 0.15) is 0 Å². The Kier molecular flexibility index (Phi) is 5.85. The minimum Gasteiger partial charge on any atom is -0.376 e. The van der Waals surface area contributed by atoms with Gasteiger partial charge in [0.2, 0.25) is 10.0 Å². The van der Waals surface area contributed by atoms with Crippen LogP contribution in [0.4, 0.5) is 0 Å². The lowest BCUT2D eigenvalue weighted by molar-refractivity contribution is 0.0857. The Labute approximate surface area is 151 Å². The fraction of sp³-hybridized carbons (Fsp3) is 0.353. The lowest BCUT2D eigenvalue weighted by atomic mass is 10.2. The molecule has 1 saturated heterocycles. The van der Waals surface area contributed by atoms with Crippen molar-refractivity contribution in [2.45, 2.75) is 30.4 Å². The summed E-state index contributed by atoms with van der Waals surface area (Å²) in [6.07, 6.45) is 1.98. The first-order chi connectivity index (χ1) is 12.0. The highest BCUT2D eigenvalue weighted by atomic mass is 32.2. The number of sulfonamides is 1. The Bertz CT molecular complexity index is 813. The molecular weight excluding hydrogens is 360 g/mol. The van der Waals surface area contributed by atoms with Crippen LogP contribution in [0.5, 0.6) is 0 Å². The first-order valence-corrected chi connectivity index (χ1v) is 10.5. The van der Waals surface area contributed by atoms with E-state index in [1.807, 2.05) is 16.8 Å². The molecular formula is C17H20N2O4S2. The number of rotatable bonds is 7. The molecule has 1 aromatic heterocycles. The van der Waals surface area contributed by atoms with Gasteiger partial charge in [0.25, 0.3) is 5.91 Å². The molecule has 2 aromatic rings. The molecule has 3 rings (SSSR count). The number of amides is 1. The molecule has 0 aliphatic carbocycles. The van der Waals surface area contributed by atoms with Crippen molar-refractivity contribution in [2.24, 2.45) is 0 Å². The molecule has 134 valence electrons. The molecule has 0 bridgehead atoms. The van der Waals surface area contributed by atoms with Crippen molar-refractivity contribution in [1.82, 2.24) is 10.0 Å². The Morgan fingerprint density at radius 1 is 1.32 bits per heavy atom. The van der Waals surface area contributed by atoms with Crippen LogP contribution < -0.4 is 10.0 Å². The Hall–Kier alpha value is -1.74. The van der Waals surface area contributed by atoms with Crippen LogP contribution in [-0.4, -0.2) is 33.6 Å². The summed E-state index contributed by atoms with van der Waals surface area (Å²) in [6.45, 7) is 1.39. The fourth-order valence-corrected chi connectivity index (χ4v) is 4.31. The number of thiophene rings is 1. The zero-order chi connectivity index (χ0) is 17.7. The first kappa shape index (κ1) is 18.1. The summed E-state index contributed by atoms with van der Waals surface area (Å²) in [4.78, 5) is 12.3. The molecule has 0 radical (unpaired) electrons. The lowest BCUT2D eigenvalue weighted by Gasteiger charge is -2.11. The molecule has 1 aliphatic rings. The van der Waals surface area contributed by atoms with Crippen LogP contribution in [0.25, 0.3) is 0 Å². The molecule has 1 aromatic carbocycles. The Morgan fingerprint density at radius 2 is 2.20 bits per heavy atom. The maximum absolute atomic E-state index is 12.4. The van der Waals surface area contributed by atoms with Crippen LogP contribution in [0.15, 0.2) is 46.0 Å². The summed E-state index contributed by atoms with van der Waals surface area (Å²) in [5.41, 5.74) is 1.22. The summed E-state index contributed by atoms with van der Waals surface area (Å²) >= 11 is 1.51. The van der Waals surface area contributed by atoms with Gasteiger partial charge in [-0.15, -0.1) is 0 Å². The van der Waals surface area contributed by atoms with Crippen LogP contribution in [0, 0.1) is 0 Å². The zero-order valence-electron chi connectivity index (χ0n) is 13.6. The SMILES string of the molecule is O=C(NC[C@H]1CCCO1)c1cccc(S(=O)(=O)NCc2ccsc2)c1. The van der Waals surface area contributed by atoms with Crippen molar-refractivity contribution in [2.75, 3.05) is 13.2 Å². The van der Waals surface area contributed by atoms with Crippen molar-refractivity contribution in [3.05, 3.63) is 52.2 Å². The number of carbonyl (C=O) groups excluding carboxylic acids is 1. The molecule has 1 amide bonds. The molecule has 0 saturated carbocycles. The highest BCUT2D eigenvalue weighted by Crippen LogP contribution is 2.14. The predicted octanol–water partition coefficient (Wildman–Crippen LogP) is 2.14. The normalized spacial score (nSPS) is 17.5. The standard InChI is InChI=1S/C17H20N2O4S2/c20-17(18-11-15-4-2-7-23-15)14-3-1-5-16(9-14)25(21,22)19-10-13-6-8-24-12-13/h1,3,5-6,8-9,12,15,19H,2,4,7,10-11H2,(H,18,20)/t15-/m1/s1. The van der Waals surface area contributed by atoms with E-state index in [1.54, 1.807) is 12.1 Å². The second-order valence-corrected chi connectivity index (χ2v) is 8.38. The van der Waals surface area contributed by atoms with Gasteiger partial charge in [-0.1, -0.05) is 6.07 Å². The number of hydrogen-bond donors (Lipinski definition) is 2. The summed E-state index contributed by atoms with van der Waals surface area (Å²) in [6, 6.07) is 7.90. The summed E-state index contributed by atoms with van der Waals surface area (Å²) in [5, 5.41) is 6.57. The number of hydrogen-bond acceptors (Lipinski definition) is 5. The van der Waals surface area contributed by atoms with E-state index in [2.05, 4.69) is 10.0 Å². The summed E-state index contributed by atoms with van der Waals surface area (Å²) in [5.74, 6) is -0.301. The van der Waals surface area contributed by atoms with Gasteiger partial charge in [-0.25, -0.2) is 13.1 Å². The van der Waals surface area contributed by atoms with E-state index in [-0.39, 0.29) is 23.5 Å². The van der Waals surface area contributed by atoms with Gasteiger partial charge in [-0.05, 0) is 53.4 Å². The molecule has 6 nitrogen and oxygen atoms in total. The molecule has 2 N–H and O–H groups in total. The molecule has 2 heterocycles. The van der Waals surface area contributed by atoms with Crippen molar-refractivity contribution in [3.8, 4) is 0 Å². The second-order valence-electron chi connectivity index (χ2n) is 5.83. The van der Waals surface area contributed by atoms with Crippen LogP contribution in [-0.2, 0) is 21.3 Å². The number of carbonyl (C=O) groups is 1. The van der Waals surface area contributed by atoms with Crippen molar-refractivity contribution in [1.29, 1.82) is 0 Å². The topological polar surface area (TPSA) is 84.5 Å². The van der Waals surface area contributed by atoms with E-state index in [0.717, 1.165) is 25.0 Å². The number of benzene rings is 1. The van der Waals surface area contributed by atoms with E-state index < -0.39 is 10.0 Å². The predicted molar refractivity (Wildman–Crippen MR) is 96.1 cm³/mol. The quantitative estimate of drug-likeness (QED) is 0.771. The third-order valence-corrected chi connectivity index (χ3v) is 6.10. The van der Waals surface area contributed by atoms with Gasteiger partial charge in [-0.2, -0.15) is 11.3 Å². The van der Waals surface area contributed by atoms with Crippen molar-refractivity contribution < 1.29 is 17.9 Å². The maximum atomic E-state index is 12.4. The van der Waals surface area contributed by atoms with Crippen LogP contribution in [0.1, 0.15) is 28.8 Å². The van der Waals surface area contributed by atoms with Crippen molar-refractivity contribution in [3.63, 3.8) is 0 Å². The van der Waals surface area contributed by atoms with Crippen LogP contribution in [0.2, 0.25) is 0 Å². The first-order valence-electron chi connectivity index (χ1n) is 8.05. The van der Waals surface area contributed by atoms with Crippen LogP contribution in [0.3, 0.4) is 0 Å². The molecule has 8 heteroatoms. The molecule has 1 fully saturated rings. The molecule has 1 atom stereocenters. The van der Waals surface area contributed by atoms with Gasteiger partial charge in [0.15, 0.2) is 0 Å². The van der Waals surface area contributed by atoms with Gasteiger partial charge in [0, 0.05) is 25.3 Å². The van der Waals surface area contributed by atoms with Gasteiger partial charge >= 0.3 is 0 Å². The number of nitrogens with one attached hydrogen (secondary N) is 2. The number of ether oxygens (including phenoxy) is 1. The third kappa shape index (κ3) is 4.88. The molecule has 25 heavy (non-hydrogen) atoms. The van der Waals surface area contributed by atoms with Crippen molar-refractivity contribution >= 4 is 27.3 Å². The van der Waals surface area contributed by atoms with E-state index in [0.29, 0.717) is 12.1 Å². The third-order valence-electron chi connectivity index (χ3n) is 3.97. The van der Waals surface area contributed by atoms with E-state index >= 15 is 0 Å². The largest absolute Gasteiger partial charge is 0.376 e. The Morgan fingerprint density at radius 3 is 2.92 bits per heavy atom. The summed E-state index contributed by atoms with van der Waals surface area (Å²) < 4.78 is 32.8. The van der Waals surface area contributed by atoms with Gasteiger partial charge < -0.3 is 10.1 Å². The van der Waals surface area contributed by atoms with E-state index in [4.69, 9.17) is 4.74 Å². The summed E-state index contributed by atoms with van der Waals surface area (Å²) in [7, 11) is -3.67. The highest BCUT2D eigenvalue weighted by molar-refractivity contribution is 7.89. The van der Waals surface area contributed by atoms with E-state index in [9.17, 15) is 13.2 Å². The van der Waals surface area contributed by atoms with Crippen LogP contribution >= 0.6 is 11.3 Å². The average molecular weight is 380 g/mol. The second kappa shape index (κ2) is 8.09. The molecule has 1 aliphatic heterocycles. The minimum atomic E-state index is -3.67. The zero-order valence-corrected chi connectivity index (χ0v) is 15.2. The smallest absolute Gasteiger partial charge is 0.251 e. The Balaban J connectivity index is 1.64. The fourth-order valence-electron chi connectivity index (χ4n) is 2.57. The lowest BCUT2D eigenvalue weighted by Crippen LogP contribution is -2.32. The minimum absolute atomic E-state index is 0.0446. The average Bonchev–Trinajstić information content (AvgIpc) is 3.31.